The molecule has 0 aliphatic carbocycles. The SMILES string of the molecule is CCCCCCCCCCCCCCCCN(CCCCCCCCCCCCCCCC)C(C)(C)CCCCCCCCCCCC. The third-order valence-corrected chi connectivity index (χ3v) is 11.6. The standard InChI is InChI=1S/C47H97N/c1-6-9-12-15-18-21-24-26-28-30-33-36-39-42-45-48(47(4,5)44-41-38-35-32-23-20-17-14-11-8-3)46-43-40-37-34-31-29-27-25-22-19-16-13-10-7-2/h6-46H2,1-5H3. The second-order valence-electron chi connectivity index (χ2n) is 16.9. The summed E-state index contributed by atoms with van der Waals surface area (Å²) in [7, 11) is 0. The fourth-order valence-electron chi connectivity index (χ4n) is 7.91. The highest BCUT2D eigenvalue weighted by molar-refractivity contribution is 4.81. The quantitative estimate of drug-likeness (QED) is 0.0582. The molecule has 0 atom stereocenters. The normalized spacial score (nSPS) is 12.1. The summed E-state index contributed by atoms with van der Waals surface area (Å²) < 4.78 is 0. The van der Waals surface area contributed by atoms with Gasteiger partial charge in [-0.1, -0.05) is 252 Å². The van der Waals surface area contributed by atoms with Crippen molar-refractivity contribution in [3.8, 4) is 0 Å². The molecule has 0 aromatic carbocycles. The molecule has 0 aromatic heterocycles. The van der Waals surface area contributed by atoms with Crippen LogP contribution in [0.25, 0.3) is 0 Å². The van der Waals surface area contributed by atoms with Gasteiger partial charge in [-0.25, -0.2) is 0 Å². The maximum atomic E-state index is 2.93. The first kappa shape index (κ1) is 48.0. The molecule has 0 radical (unpaired) electrons. The molecular weight excluding hydrogens is 579 g/mol. The minimum atomic E-state index is 0.368. The Balaban J connectivity index is 4.19. The van der Waals surface area contributed by atoms with Gasteiger partial charge >= 0.3 is 0 Å². The lowest BCUT2D eigenvalue weighted by Crippen LogP contribution is -2.45. The van der Waals surface area contributed by atoms with E-state index in [9.17, 15) is 0 Å². The summed E-state index contributed by atoms with van der Waals surface area (Å²) in [6.07, 6.45) is 56.7. The Morgan fingerprint density at radius 3 is 0.667 bits per heavy atom. The van der Waals surface area contributed by atoms with Gasteiger partial charge in [-0.3, -0.25) is 4.90 Å². The van der Waals surface area contributed by atoms with Gasteiger partial charge in [-0.15, -0.1) is 0 Å². The molecule has 0 saturated heterocycles. The summed E-state index contributed by atoms with van der Waals surface area (Å²) in [5.74, 6) is 0. The zero-order chi connectivity index (χ0) is 35.1. The summed E-state index contributed by atoms with van der Waals surface area (Å²) in [5.41, 5.74) is 0.368. The Kier molecular flexibility index (Phi) is 39.7. The summed E-state index contributed by atoms with van der Waals surface area (Å²) in [5, 5.41) is 0. The molecule has 0 aliphatic heterocycles. The van der Waals surface area contributed by atoms with Gasteiger partial charge in [0.15, 0.2) is 0 Å². The van der Waals surface area contributed by atoms with Gasteiger partial charge in [0.05, 0.1) is 0 Å². The summed E-state index contributed by atoms with van der Waals surface area (Å²) in [6.45, 7) is 14.8. The predicted octanol–water partition coefficient (Wildman–Crippen LogP) is 17.3. The highest BCUT2D eigenvalue weighted by Gasteiger charge is 2.25. The van der Waals surface area contributed by atoms with Crippen LogP contribution in [0, 0.1) is 0 Å². The summed E-state index contributed by atoms with van der Waals surface area (Å²) in [4.78, 5) is 2.93. The molecule has 0 fully saturated rings. The van der Waals surface area contributed by atoms with Crippen LogP contribution in [0.4, 0.5) is 0 Å². The molecule has 0 rings (SSSR count). The number of hydrogen-bond donors (Lipinski definition) is 0. The average Bonchev–Trinajstić information content (AvgIpc) is 3.08. The Labute approximate surface area is 307 Å². The fraction of sp³-hybridized carbons (Fsp3) is 1.00. The lowest BCUT2D eigenvalue weighted by Gasteiger charge is -2.39. The second kappa shape index (κ2) is 39.7. The van der Waals surface area contributed by atoms with E-state index in [0.29, 0.717) is 5.54 Å². The van der Waals surface area contributed by atoms with Crippen LogP contribution in [0.15, 0.2) is 0 Å². The number of rotatable bonds is 42. The predicted molar refractivity (Wildman–Crippen MR) is 223 cm³/mol. The zero-order valence-corrected chi connectivity index (χ0v) is 34.9. The van der Waals surface area contributed by atoms with Crippen molar-refractivity contribution in [3.63, 3.8) is 0 Å². The van der Waals surface area contributed by atoms with Gasteiger partial charge in [0.2, 0.25) is 0 Å². The first-order valence-electron chi connectivity index (χ1n) is 23.3. The Morgan fingerprint density at radius 2 is 0.438 bits per heavy atom. The van der Waals surface area contributed by atoms with Crippen molar-refractivity contribution in [1.82, 2.24) is 4.90 Å². The van der Waals surface area contributed by atoms with Crippen LogP contribution in [0.1, 0.15) is 285 Å². The number of unbranched alkanes of at least 4 members (excludes halogenated alkanes) is 35. The van der Waals surface area contributed by atoms with E-state index in [1.807, 2.05) is 0 Å². The maximum Gasteiger partial charge on any atom is 0.0153 e. The van der Waals surface area contributed by atoms with Crippen LogP contribution in [-0.4, -0.2) is 23.5 Å². The molecule has 0 aliphatic rings. The highest BCUT2D eigenvalue weighted by atomic mass is 15.2. The average molecular weight is 676 g/mol. The summed E-state index contributed by atoms with van der Waals surface area (Å²) >= 11 is 0. The molecule has 0 heterocycles. The smallest absolute Gasteiger partial charge is 0.0153 e. The third-order valence-electron chi connectivity index (χ3n) is 11.6. The van der Waals surface area contributed by atoms with Gasteiger partial charge < -0.3 is 0 Å². The van der Waals surface area contributed by atoms with Crippen molar-refractivity contribution in [2.75, 3.05) is 13.1 Å². The van der Waals surface area contributed by atoms with E-state index in [1.165, 1.54) is 264 Å². The van der Waals surface area contributed by atoms with Crippen molar-refractivity contribution >= 4 is 0 Å². The molecular formula is C47H97N. The molecule has 0 amide bonds. The van der Waals surface area contributed by atoms with Crippen LogP contribution in [-0.2, 0) is 0 Å². The van der Waals surface area contributed by atoms with E-state index >= 15 is 0 Å². The van der Waals surface area contributed by atoms with Crippen molar-refractivity contribution in [1.29, 1.82) is 0 Å². The first-order chi connectivity index (χ1) is 23.6. The molecule has 0 N–H and O–H groups in total. The first-order valence-corrected chi connectivity index (χ1v) is 23.3. The largest absolute Gasteiger partial charge is 0.298 e. The fourth-order valence-corrected chi connectivity index (χ4v) is 7.91. The van der Waals surface area contributed by atoms with Crippen molar-refractivity contribution in [3.05, 3.63) is 0 Å². The molecule has 0 aromatic rings. The Bertz CT molecular complexity index is 535. The van der Waals surface area contributed by atoms with Crippen molar-refractivity contribution < 1.29 is 0 Å². The molecule has 1 nitrogen and oxygen atoms in total. The van der Waals surface area contributed by atoms with Crippen LogP contribution in [0.5, 0.6) is 0 Å². The summed E-state index contributed by atoms with van der Waals surface area (Å²) in [6, 6.07) is 0. The van der Waals surface area contributed by atoms with E-state index < -0.39 is 0 Å². The van der Waals surface area contributed by atoms with Crippen LogP contribution < -0.4 is 0 Å². The van der Waals surface area contributed by atoms with E-state index in [4.69, 9.17) is 0 Å². The molecule has 0 saturated carbocycles. The van der Waals surface area contributed by atoms with Gasteiger partial charge in [-0.2, -0.15) is 0 Å². The van der Waals surface area contributed by atoms with Gasteiger partial charge in [-0.05, 0) is 46.2 Å². The van der Waals surface area contributed by atoms with Crippen LogP contribution >= 0.6 is 0 Å². The topological polar surface area (TPSA) is 3.24 Å². The number of nitrogens with zero attached hydrogens (tertiary/aromatic N) is 1. The molecule has 290 valence electrons. The van der Waals surface area contributed by atoms with Crippen molar-refractivity contribution in [2.24, 2.45) is 0 Å². The third kappa shape index (κ3) is 35.8. The molecule has 0 unspecified atom stereocenters. The Hall–Kier alpha value is -0.0400. The van der Waals surface area contributed by atoms with E-state index in [2.05, 4.69) is 39.5 Å². The molecule has 48 heavy (non-hydrogen) atoms. The molecule has 0 spiro atoms. The van der Waals surface area contributed by atoms with Gasteiger partial charge in [0.25, 0.3) is 0 Å². The van der Waals surface area contributed by atoms with Crippen molar-refractivity contribution in [2.45, 2.75) is 291 Å². The van der Waals surface area contributed by atoms with Crippen LogP contribution in [0.2, 0.25) is 0 Å². The Morgan fingerprint density at radius 1 is 0.250 bits per heavy atom. The van der Waals surface area contributed by atoms with Gasteiger partial charge in [0.1, 0.15) is 0 Å². The van der Waals surface area contributed by atoms with E-state index in [-0.39, 0.29) is 0 Å². The van der Waals surface area contributed by atoms with Gasteiger partial charge in [0, 0.05) is 5.54 Å². The molecule has 1 heteroatoms. The van der Waals surface area contributed by atoms with Crippen LogP contribution in [0.3, 0.4) is 0 Å². The van der Waals surface area contributed by atoms with E-state index in [1.54, 1.807) is 0 Å². The highest BCUT2D eigenvalue weighted by Crippen LogP contribution is 2.25. The maximum absolute atomic E-state index is 2.93. The minimum Gasteiger partial charge on any atom is -0.298 e. The van der Waals surface area contributed by atoms with E-state index in [0.717, 1.165) is 0 Å². The lowest BCUT2D eigenvalue weighted by atomic mass is 9.92. The second-order valence-corrected chi connectivity index (χ2v) is 16.9. The monoisotopic (exact) mass is 676 g/mol. The number of hydrogen-bond acceptors (Lipinski definition) is 1. The molecule has 0 bridgehead atoms. The minimum absolute atomic E-state index is 0.368. The lowest BCUT2D eigenvalue weighted by molar-refractivity contribution is 0.102. The zero-order valence-electron chi connectivity index (χ0n) is 34.9.